The summed E-state index contributed by atoms with van der Waals surface area (Å²) in [5.74, 6) is 2.66. The van der Waals surface area contributed by atoms with Crippen LogP contribution in [0.15, 0.2) is 100 Å². The molecule has 0 bridgehead atoms. The molecule has 482 valence electrons. The summed E-state index contributed by atoms with van der Waals surface area (Å²) in [4.78, 5) is 16.6. The monoisotopic (exact) mass is 1420 g/mol. The Morgan fingerprint density at radius 2 is 0.833 bits per heavy atom. The maximum Gasteiger partial charge on any atom is 0.490 e. The number of aryl methyl sites for hydroxylation is 4. The van der Waals surface area contributed by atoms with Crippen LogP contribution in [0.5, 0.6) is 0 Å². The quantitative estimate of drug-likeness (QED) is 0.149. The second-order valence-corrected chi connectivity index (χ2v) is 24.7. The molecule has 4 aliphatic heterocycles. The fraction of sp³-hybridized carbons (Fsp3) is 0.517. The zero-order valence-corrected chi connectivity index (χ0v) is 56.7. The van der Waals surface area contributed by atoms with Gasteiger partial charge in [0.05, 0.1) is 103 Å². The summed E-state index contributed by atoms with van der Waals surface area (Å²) in [5.41, 5.74) is 8.54. The highest BCUT2D eigenvalue weighted by atomic mass is 79.9. The van der Waals surface area contributed by atoms with Gasteiger partial charge in [0.15, 0.2) is 17.4 Å². The molecule has 0 aromatic carbocycles. The SMILES string of the molecule is CC1(C)OB(C2=CCC3(CC2)OCCO3)OC1(C)C.Cc1ncc2ccc(Br)n2n1.Cc1ncc2ccc(Br)n2n1.Cc1ncc2ccc(C3=CCC4(CC3)OCCO4)n2n1.Cc1ncc2ccc(C3CCC4(CC3)OCCO4)n2n1.O=S=O.O=S=O.O=S=O. The first-order valence-electron chi connectivity index (χ1n) is 29.0. The van der Waals surface area contributed by atoms with Gasteiger partial charge in [0, 0.05) is 50.1 Å². The number of fused-ring (bicyclic) bond motifs is 4. The fourth-order valence-electron chi connectivity index (χ4n) is 11.2. The van der Waals surface area contributed by atoms with Crippen LogP contribution in [0.1, 0.15) is 133 Å². The second kappa shape index (κ2) is 31.6. The van der Waals surface area contributed by atoms with E-state index in [4.69, 9.17) is 63.0 Å². The molecule has 0 unspecified atom stereocenters. The van der Waals surface area contributed by atoms with Crippen LogP contribution in [0.3, 0.4) is 0 Å². The molecule has 3 spiro atoms. The molecule has 32 heteroatoms. The van der Waals surface area contributed by atoms with Crippen LogP contribution in [0.4, 0.5) is 0 Å². The van der Waals surface area contributed by atoms with Crippen LogP contribution in [0.25, 0.3) is 27.6 Å². The Morgan fingerprint density at radius 3 is 1.26 bits per heavy atom. The summed E-state index contributed by atoms with van der Waals surface area (Å²) in [6.45, 7) is 20.2. The lowest BCUT2D eigenvalue weighted by Gasteiger charge is -2.35. The van der Waals surface area contributed by atoms with Crippen molar-refractivity contribution in [2.75, 3.05) is 39.6 Å². The average molecular weight is 1430 g/mol. The van der Waals surface area contributed by atoms with Gasteiger partial charge < -0.3 is 37.7 Å². The third kappa shape index (κ3) is 17.4. The van der Waals surface area contributed by atoms with E-state index in [2.05, 4.69) is 136 Å². The number of allylic oxidation sites excluding steroid dienone is 2. The van der Waals surface area contributed by atoms with Crippen molar-refractivity contribution in [2.45, 2.75) is 154 Å². The summed E-state index contributed by atoms with van der Waals surface area (Å²) in [7, 11) is -0.219. The maximum absolute atomic E-state index is 8.29. The van der Waals surface area contributed by atoms with Gasteiger partial charge in [0.1, 0.15) is 32.5 Å². The Morgan fingerprint density at radius 1 is 0.467 bits per heavy atom. The van der Waals surface area contributed by atoms with Crippen LogP contribution >= 0.6 is 31.9 Å². The Kier molecular flexibility index (Phi) is 24.6. The van der Waals surface area contributed by atoms with Crippen LogP contribution in [0.2, 0.25) is 0 Å². The van der Waals surface area contributed by atoms with Crippen molar-refractivity contribution >= 4 is 101 Å². The zero-order chi connectivity index (χ0) is 64.7. The Hall–Kier alpha value is -5.88. The summed E-state index contributed by atoms with van der Waals surface area (Å²) >= 11 is 4.50. The largest absolute Gasteiger partial charge is 0.490 e. The molecule has 7 aliphatic rings. The van der Waals surface area contributed by atoms with Crippen LogP contribution in [0, 0.1) is 27.7 Å². The van der Waals surface area contributed by atoms with Crippen molar-refractivity contribution in [3.8, 4) is 0 Å². The number of rotatable bonds is 3. The van der Waals surface area contributed by atoms with Gasteiger partial charge in [-0.1, -0.05) is 12.2 Å². The molecule has 5 fully saturated rings. The van der Waals surface area contributed by atoms with E-state index in [1.807, 2.05) is 82.4 Å². The van der Waals surface area contributed by atoms with Gasteiger partial charge in [0.25, 0.3) is 0 Å². The number of hydrogen-bond donors (Lipinski definition) is 0. The summed E-state index contributed by atoms with van der Waals surface area (Å²) < 4.78 is 106. The van der Waals surface area contributed by atoms with Gasteiger partial charge in [-0.3, -0.25) is 0 Å². The minimum atomic E-state index is -0.750. The van der Waals surface area contributed by atoms with Gasteiger partial charge >= 0.3 is 41.8 Å². The molecule has 15 rings (SSSR count). The molecule has 3 aliphatic carbocycles. The normalized spacial score (nSPS) is 19.6. The number of nitrogens with zero attached hydrogens (tertiary/aromatic N) is 12. The first-order chi connectivity index (χ1) is 43.1. The molecular formula is C58H71BBr2N12O14S3. The van der Waals surface area contributed by atoms with Gasteiger partial charge in [-0.15, -0.1) is 0 Å². The summed E-state index contributed by atoms with van der Waals surface area (Å²) in [6, 6.07) is 16.3. The highest BCUT2D eigenvalue weighted by molar-refractivity contribution is 9.10. The first kappa shape index (κ1) is 70.0. The molecule has 4 saturated heterocycles. The molecule has 8 aromatic rings. The Balaban J connectivity index is 0.000000143. The molecule has 90 heavy (non-hydrogen) atoms. The van der Waals surface area contributed by atoms with Crippen molar-refractivity contribution in [1.82, 2.24) is 58.4 Å². The summed E-state index contributed by atoms with van der Waals surface area (Å²) in [6.07, 6.45) is 21.2. The first-order valence-corrected chi connectivity index (χ1v) is 32.6. The molecule has 0 N–H and O–H groups in total. The molecule has 1 saturated carbocycles. The van der Waals surface area contributed by atoms with Crippen LogP contribution < -0.4 is 0 Å². The van der Waals surface area contributed by atoms with Crippen LogP contribution in [-0.2, 0) is 72.4 Å². The molecule has 8 aromatic heterocycles. The molecule has 0 amide bonds. The van der Waals surface area contributed by atoms with Gasteiger partial charge in [-0.2, -0.15) is 45.6 Å². The van der Waals surface area contributed by atoms with Gasteiger partial charge in [0.2, 0.25) is 0 Å². The highest BCUT2D eigenvalue weighted by Crippen LogP contribution is 2.44. The third-order valence-corrected chi connectivity index (χ3v) is 17.6. The molecule has 12 heterocycles. The highest BCUT2D eigenvalue weighted by Gasteiger charge is 2.53. The molecular weight excluding hydrogens is 1360 g/mol. The predicted molar refractivity (Wildman–Crippen MR) is 338 cm³/mol. The van der Waals surface area contributed by atoms with E-state index in [1.165, 1.54) is 16.7 Å². The fourth-order valence-corrected chi connectivity index (χ4v) is 12.0. The predicted octanol–water partition coefficient (Wildman–Crippen LogP) is 8.85. The smallest absolute Gasteiger partial charge is 0.400 e. The lowest BCUT2D eigenvalue weighted by molar-refractivity contribution is -0.179. The van der Waals surface area contributed by atoms with E-state index in [0.717, 1.165) is 138 Å². The van der Waals surface area contributed by atoms with E-state index >= 15 is 0 Å². The topological polar surface area (TPSA) is 297 Å². The van der Waals surface area contributed by atoms with Crippen molar-refractivity contribution in [3.63, 3.8) is 0 Å². The number of hydrogen-bond acceptors (Lipinski definition) is 22. The Labute approximate surface area is 547 Å². The lowest BCUT2D eigenvalue weighted by atomic mass is 9.71. The molecule has 0 radical (unpaired) electrons. The van der Waals surface area contributed by atoms with E-state index < -0.39 is 34.7 Å². The van der Waals surface area contributed by atoms with Crippen molar-refractivity contribution in [1.29, 1.82) is 0 Å². The van der Waals surface area contributed by atoms with Gasteiger partial charge in [-0.25, -0.2) is 38.0 Å². The zero-order valence-electron chi connectivity index (χ0n) is 51.1. The van der Waals surface area contributed by atoms with E-state index in [0.29, 0.717) is 32.3 Å². The van der Waals surface area contributed by atoms with Crippen molar-refractivity contribution in [3.05, 3.63) is 135 Å². The maximum atomic E-state index is 8.29. The van der Waals surface area contributed by atoms with Crippen LogP contribution in [-0.4, -0.2) is 159 Å². The van der Waals surface area contributed by atoms with Crippen molar-refractivity contribution < 1.29 is 63.0 Å². The van der Waals surface area contributed by atoms with E-state index in [-0.39, 0.29) is 35.7 Å². The average Bonchev–Trinajstić information content (AvgIpc) is 2.01. The van der Waals surface area contributed by atoms with Gasteiger partial charge in [-0.05, 0) is 173 Å². The number of halogens is 2. The van der Waals surface area contributed by atoms with E-state index in [1.54, 1.807) is 12.4 Å². The van der Waals surface area contributed by atoms with Crippen molar-refractivity contribution in [2.24, 2.45) is 0 Å². The minimum Gasteiger partial charge on any atom is -0.400 e. The number of aromatic nitrogens is 12. The minimum absolute atomic E-state index is 0.219. The lowest BCUT2D eigenvalue weighted by Crippen LogP contribution is -2.41. The number of ether oxygens (including phenoxy) is 6. The second-order valence-electron chi connectivity index (χ2n) is 22.7. The van der Waals surface area contributed by atoms with E-state index in [9.17, 15) is 0 Å². The summed E-state index contributed by atoms with van der Waals surface area (Å²) in [5, 5.41) is 17.4. The Bertz CT molecular complexity index is 3790. The standard InChI is InChI=1S/C15H19N3O2.C15H17N3O2.C14H23BO4.2C7H6BrN3.3O2S/c2*1-11-16-10-13-2-3-14(18(13)17-11)12-4-6-15(7-5-12)19-8-9-20-15;1-12(2)13(3,4)19-15(18-12)11-5-7-14(8-6-11)16-9-10-17-14;2*1-5-9-4-6-2-3-7(8)11(6)10-5;3*1-3-2/h2-3,10,12H,4-9H2,1H3;2-4,10H,5-9H2,1H3;5H,6-10H2,1-4H3;2*2-4H,1H3;;;. The molecule has 26 nitrogen and oxygen atoms in total. The third-order valence-electron chi connectivity index (χ3n) is 16.4. The molecule has 0 atom stereocenters.